The molecule has 136 valence electrons. The van der Waals surface area contributed by atoms with Crippen LogP contribution >= 0.6 is 11.6 Å². The molecule has 3 rings (SSSR count). The van der Waals surface area contributed by atoms with E-state index in [2.05, 4.69) is 15.6 Å². The van der Waals surface area contributed by atoms with Gasteiger partial charge in [-0.3, -0.25) is 9.79 Å². The lowest BCUT2D eigenvalue weighted by Gasteiger charge is -2.26. The van der Waals surface area contributed by atoms with Gasteiger partial charge in [-0.1, -0.05) is 29.8 Å². The molecule has 6 nitrogen and oxygen atoms in total. The lowest BCUT2D eigenvalue weighted by molar-refractivity contribution is 0.0955. The SMILES string of the molecule is NC(=NCCNC(=O)c1ccc(Cl)cc1)NC1CCOc2ccccc21. The summed E-state index contributed by atoms with van der Waals surface area (Å²) in [7, 11) is 0. The van der Waals surface area contributed by atoms with Crippen molar-refractivity contribution in [3.05, 3.63) is 64.7 Å². The number of ether oxygens (including phenoxy) is 1. The molecule has 1 amide bonds. The van der Waals surface area contributed by atoms with E-state index in [1.54, 1.807) is 24.3 Å². The zero-order chi connectivity index (χ0) is 18.4. The molecular weight excluding hydrogens is 352 g/mol. The molecule has 0 saturated carbocycles. The number of nitrogens with zero attached hydrogens (tertiary/aromatic N) is 1. The van der Waals surface area contributed by atoms with E-state index in [4.69, 9.17) is 22.1 Å². The van der Waals surface area contributed by atoms with Gasteiger partial charge in [0.1, 0.15) is 5.75 Å². The maximum Gasteiger partial charge on any atom is 0.251 e. The number of nitrogens with one attached hydrogen (secondary N) is 2. The number of amides is 1. The van der Waals surface area contributed by atoms with Crippen LogP contribution in [0.5, 0.6) is 5.75 Å². The van der Waals surface area contributed by atoms with Gasteiger partial charge in [-0.25, -0.2) is 0 Å². The van der Waals surface area contributed by atoms with Gasteiger partial charge in [0.05, 0.1) is 19.2 Å². The van der Waals surface area contributed by atoms with E-state index in [1.807, 2.05) is 24.3 Å². The average Bonchev–Trinajstić information content (AvgIpc) is 2.66. The maximum atomic E-state index is 12.0. The zero-order valence-electron chi connectivity index (χ0n) is 14.2. The molecule has 1 aliphatic rings. The largest absolute Gasteiger partial charge is 0.493 e. The molecule has 0 spiro atoms. The first-order valence-electron chi connectivity index (χ1n) is 8.45. The molecule has 1 unspecified atom stereocenters. The van der Waals surface area contributed by atoms with Gasteiger partial charge >= 0.3 is 0 Å². The number of carbonyl (C=O) groups is 1. The van der Waals surface area contributed by atoms with Crippen LogP contribution in [0.15, 0.2) is 53.5 Å². The van der Waals surface area contributed by atoms with Gasteiger partial charge in [-0.15, -0.1) is 0 Å². The van der Waals surface area contributed by atoms with E-state index in [0.29, 0.717) is 36.2 Å². The highest BCUT2D eigenvalue weighted by Gasteiger charge is 2.21. The van der Waals surface area contributed by atoms with Crippen molar-refractivity contribution in [3.63, 3.8) is 0 Å². The maximum absolute atomic E-state index is 12.0. The number of aliphatic imine (C=N–C) groups is 1. The number of guanidine groups is 1. The molecule has 26 heavy (non-hydrogen) atoms. The van der Waals surface area contributed by atoms with Crippen LogP contribution in [0.25, 0.3) is 0 Å². The molecule has 2 aromatic carbocycles. The number of benzene rings is 2. The van der Waals surface area contributed by atoms with Gasteiger partial charge in [0.2, 0.25) is 0 Å². The molecule has 0 saturated heterocycles. The normalized spacial score (nSPS) is 16.3. The number of halogens is 1. The van der Waals surface area contributed by atoms with Gasteiger partial charge < -0.3 is 21.1 Å². The minimum absolute atomic E-state index is 0.0763. The van der Waals surface area contributed by atoms with Gasteiger partial charge in [0.25, 0.3) is 5.91 Å². The summed E-state index contributed by atoms with van der Waals surface area (Å²) < 4.78 is 5.63. The number of hydrogen-bond donors (Lipinski definition) is 3. The van der Waals surface area contributed by atoms with Crippen molar-refractivity contribution in [3.8, 4) is 5.75 Å². The first-order chi connectivity index (χ1) is 12.6. The van der Waals surface area contributed by atoms with E-state index >= 15 is 0 Å². The number of hydrogen-bond acceptors (Lipinski definition) is 3. The van der Waals surface area contributed by atoms with Crippen molar-refractivity contribution in [2.75, 3.05) is 19.7 Å². The van der Waals surface area contributed by atoms with E-state index in [-0.39, 0.29) is 11.9 Å². The Kier molecular flexibility index (Phi) is 5.96. The number of fused-ring (bicyclic) bond motifs is 1. The van der Waals surface area contributed by atoms with Crippen molar-refractivity contribution in [2.24, 2.45) is 10.7 Å². The Labute approximate surface area is 157 Å². The van der Waals surface area contributed by atoms with E-state index in [9.17, 15) is 4.79 Å². The van der Waals surface area contributed by atoms with Gasteiger partial charge in [0.15, 0.2) is 5.96 Å². The van der Waals surface area contributed by atoms with Gasteiger partial charge in [0, 0.05) is 29.1 Å². The quantitative estimate of drug-likeness (QED) is 0.427. The third-order valence-corrected chi connectivity index (χ3v) is 4.32. The summed E-state index contributed by atoms with van der Waals surface area (Å²) in [6, 6.07) is 14.7. The third-order valence-electron chi connectivity index (χ3n) is 4.07. The summed E-state index contributed by atoms with van der Waals surface area (Å²) in [6.45, 7) is 1.43. The highest BCUT2D eigenvalue weighted by atomic mass is 35.5. The van der Waals surface area contributed by atoms with Gasteiger partial charge in [-0.2, -0.15) is 0 Å². The molecule has 7 heteroatoms. The fraction of sp³-hybridized carbons (Fsp3) is 0.263. The molecular formula is C19H21ClN4O2. The van der Waals surface area contributed by atoms with E-state index < -0.39 is 0 Å². The molecule has 1 atom stereocenters. The van der Waals surface area contributed by atoms with Crippen molar-refractivity contribution >= 4 is 23.5 Å². The smallest absolute Gasteiger partial charge is 0.251 e. The van der Waals surface area contributed by atoms with Crippen molar-refractivity contribution < 1.29 is 9.53 Å². The predicted molar refractivity (Wildman–Crippen MR) is 103 cm³/mol. The Morgan fingerprint density at radius 2 is 2.00 bits per heavy atom. The second-order valence-corrected chi connectivity index (χ2v) is 6.34. The molecule has 4 N–H and O–H groups in total. The van der Waals surface area contributed by atoms with Crippen LogP contribution in [0.2, 0.25) is 5.02 Å². The monoisotopic (exact) mass is 372 g/mol. The summed E-state index contributed by atoms with van der Waals surface area (Å²) in [5.74, 6) is 1.06. The molecule has 2 aromatic rings. The van der Waals surface area contributed by atoms with Gasteiger partial charge in [-0.05, 0) is 30.3 Å². The Morgan fingerprint density at radius 1 is 1.23 bits per heavy atom. The zero-order valence-corrected chi connectivity index (χ0v) is 15.0. The molecule has 0 fully saturated rings. The van der Waals surface area contributed by atoms with E-state index in [0.717, 1.165) is 17.7 Å². The lowest BCUT2D eigenvalue weighted by atomic mass is 10.0. The predicted octanol–water partition coefficient (Wildman–Crippen LogP) is 2.50. The Morgan fingerprint density at radius 3 is 2.81 bits per heavy atom. The van der Waals surface area contributed by atoms with Crippen LogP contribution in [-0.2, 0) is 0 Å². The standard InChI is InChI=1S/C19H21ClN4O2/c20-14-7-5-13(6-8-14)18(25)22-10-11-23-19(21)24-16-9-12-26-17-4-2-1-3-15(16)17/h1-8,16H,9-12H2,(H,22,25)(H3,21,23,24). The molecule has 0 aliphatic carbocycles. The van der Waals surface area contributed by atoms with Crippen molar-refractivity contribution in [2.45, 2.75) is 12.5 Å². The van der Waals surface area contributed by atoms with Crippen LogP contribution in [0.4, 0.5) is 0 Å². The minimum atomic E-state index is -0.165. The van der Waals surface area contributed by atoms with Crippen LogP contribution in [0.1, 0.15) is 28.4 Å². The van der Waals surface area contributed by atoms with Crippen LogP contribution in [0.3, 0.4) is 0 Å². The topological polar surface area (TPSA) is 88.7 Å². The highest BCUT2D eigenvalue weighted by molar-refractivity contribution is 6.30. The fourth-order valence-corrected chi connectivity index (χ4v) is 2.89. The summed E-state index contributed by atoms with van der Waals surface area (Å²) in [5.41, 5.74) is 7.61. The Bertz CT molecular complexity index is 792. The van der Waals surface area contributed by atoms with Crippen molar-refractivity contribution in [1.29, 1.82) is 0 Å². The summed E-state index contributed by atoms with van der Waals surface area (Å²) >= 11 is 5.81. The molecule has 1 heterocycles. The van der Waals surface area contributed by atoms with E-state index in [1.165, 1.54) is 0 Å². The highest BCUT2D eigenvalue weighted by Crippen LogP contribution is 2.31. The number of carbonyl (C=O) groups excluding carboxylic acids is 1. The summed E-state index contributed by atoms with van der Waals surface area (Å²) in [4.78, 5) is 16.3. The second-order valence-electron chi connectivity index (χ2n) is 5.90. The fourth-order valence-electron chi connectivity index (χ4n) is 2.77. The number of rotatable bonds is 5. The minimum Gasteiger partial charge on any atom is -0.493 e. The first kappa shape index (κ1) is 18.1. The molecule has 0 radical (unpaired) electrons. The lowest BCUT2D eigenvalue weighted by Crippen LogP contribution is -2.38. The molecule has 1 aliphatic heterocycles. The average molecular weight is 373 g/mol. The number of nitrogens with two attached hydrogens (primary N) is 1. The first-order valence-corrected chi connectivity index (χ1v) is 8.83. The molecule has 0 aromatic heterocycles. The van der Waals surface area contributed by atoms with Crippen LogP contribution in [-0.4, -0.2) is 31.6 Å². The Hall–Kier alpha value is -2.73. The second kappa shape index (κ2) is 8.58. The Balaban J connectivity index is 1.47. The van der Waals surface area contributed by atoms with Crippen molar-refractivity contribution in [1.82, 2.24) is 10.6 Å². The summed E-state index contributed by atoms with van der Waals surface area (Å²) in [5, 5.41) is 6.62. The molecule has 0 bridgehead atoms. The van der Waals surface area contributed by atoms with Crippen LogP contribution < -0.4 is 21.1 Å². The summed E-state index contributed by atoms with van der Waals surface area (Å²) in [6.07, 6.45) is 0.820. The van der Waals surface area contributed by atoms with Crippen LogP contribution in [0, 0.1) is 0 Å². The number of para-hydroxylation sites is 1. The third kappa shape index (κ3) is 4.67.